The van der Waals surface area contributed by atoms with Gasteiger partial charge in [0.15, 0.2) is 0 Å². The van der Waals surface area contributed by atoms with Gasteiger partial charge >= 0.3 is 0 Å². The molecule has 2 aromatic carbocycles. The van der Waals surface area contributed by atoms with Gasteiger partial charge in [0.25, 0.3) is 5.91 Å². The standard InChI is InChI=1S/C18H15NOS/c1-12-14-7-3-5-9-16(14)21-17(12)18(20)19-11-10-13-6-2-4-8-15(13)19/h2-9H,10-11H2,1H3. The molecule has 0 N–H and O–H groups in total. The number of hydrogen-bond donors (Lipinski definition) is 0. The normalized spacial score (nSPS) is 13.7. The average Bonchev–Trinajstić information content (AvgIpc) is 3.09. The van der Waals surface area contributed by atoms with Crippen LogP contribution in [0.1, 0.15) is 20.8 Å². The van der Waals surface area contributed by atoms with E-state index < -0.39 is 0 Å². The molecular formula is C18H15NOS. The molecule has 3 aromatic rings. The highest BCUT2D eigenvalue weighted by Crippen LogP contribution is 2.35. The van der Waals surface area contributed by atoms with Crippen molar-refractivity contribution in [3.8, 4) is 0 Å². The van der Waals surface area contributed by atoms with Crippen molar-refractivity contribution in [1.29, 1.82) is 0 Å². The smallest absolute Gasteiger partial charge is 0.268 e. The summed E-state index contributed by atoms with van der Waals surface area (Å²) in [6.07, 6.45) is 0.950. The summed E-state index contributed by atoms with van der Waals surface area (Å²) in [5.74, 6) is 0.138. The number of benzene rings is 2. The monoisotopic (exact) mass is 293 g/mol. The van der Waals surface area contributed by atoms with Crippen LogP contribution in [-0.2, 0) is 6.42 Å². The van der Waals surface area contributed by atoms with Crippen molar-refractivity contribution >= 4 is 33.0 Å². The fourth-order valence-corrected chi connectivity index (χ4v) is 4.21. The molecule has 4 rings (SSSR count). The van der Waals surface area contributed by atoms with Gasteiger partial charge in [0.05, 0.1) is 4.88 Å². The number of aryl methyl sites for hydroxylation is 1. The minimum absolute atomic E-state index is 0.138. The molecule has 0 radical (unpaired) electrons. The highest BCUT2D eigenvalue weighted by Gasteiger charge is 2.27. The Hall–Kier alpha value is -2.13. The maximum atomic E-state index is 12.9. The van der Waals surface area contributed by atoms with Gasteiger partial charge in [0, 0.05) is 16.9 Å². The molecule has 0 atom stereocenters. The van der Waals surface area contributed by atoms with Crippen molar-refractivity contribution in [1.82, 2.24) is 0 Å². The molecular weight excluding hydrogens is 278 g/mol. The molecule has 0 unspecified atom stereocenters. The Morgan fingerprint density at radius 1 is 1.10 bits per heavy atom. The Labute approximate surface area is 127 Å². The Bertz CT molecular complexity index is 849. The van der Waals surface area contributed by atoms with Crippen LogP contribution in [0, 0.1) is 6.92 Å². The molecule has 1 aliphatic heterocycles. The number of fused-ring (bicyclic) bond motifs is 2. The van der Waals surface area contributed by atoms with Crippen LogP contribution in [0.15, 0.2) is 48.5 Å². The summed E-state index contributed by atoms with van der Waals surface area (Å²) in [5.41, 5.74) is 3.44. The van der Waals surface area contributed by atoms with Gasteiger partial charge in [0.2, 0.25) is 0 Å². The maximum Gasteiger partial charge on any atom is 0.268 e. The first-order chi connectivity index (χ1) is 10.3. The topological polar surface area (TPSA) is 20.3 Å². The van der Waals surface area contributed by atoms with E-state index in [0.29, 0.717) is 0 Å². The Balaban J connectivity index is 1.80. The van der Waals surface area contributed by atoms with Crippen LogP contribution in [0.25, 0.3) is 10.1 Å². The highest BCUT2D eigenvalue weighted by molar-refractivity contribution is 7.21. The van der Waals surface area contributed by atoms with E-state index >= 15 is 0 Å². The largest absolute Gasteiger partial charge is 0.307 e. The van der Waals surface area contributed by atoms with Crippen LogP contribution in [0.5, 0.6) is 0 Å². The SMILES string of the molecule is Cc1c(C(=O)N2CCc3ccccc32)sc2ccccc12. The summed E-state index contributed by atoms with van der Waals surface area (Å²) < 4.78 is 1.19. The lowest BCUT2D eigenvalue weighted by Gasteiger charge is -2.16. The number of rotatable bonds is 1. The zero-order valence-corrected chi connectivity index (χ0v) is 12.6. The fourth-order valence-electron chi connectivity index (χ4n) is 3.05. The summed E-state index contributed by atoms with van der Waals surface area (Å²) in [5, 5.41) is 1.19. The number of hydrogen-bond acceptors (Lipinski definition) is 2. The van der Waals surface area contributed by atoms with E-state index in [2.05, 4.69) is 18.2 Å². The molecule has 0 aliphatic carbocycles. The number of para-hydroxylation sites is 1. The fraction of sp³-hybridized carbons (Fsp3) is 0.167. The summed E-state index contributed by atoms with van der Waals surface area (Å²) in [6.45, 7) is 2.83. The maximum absolute atomic E-state index is 12.9. The Morgan fingerprint density at radius 3 is 2.71 bits per heavy atom. The molecule has 1 amide bonds. The first-order valence-corrected chi connectivity index (χ1v) is 7.95. The van der Waals surface area contributed by atoms with E-state index in [0.717, 1.165) is 29.1 Å². The molecule has 0 fully saturated rings. The number of amides is 1. The number of thiophene rings is 1. The summed E-state index contributed by atoms with van der Waals surface area (Å²) in [4.78, 5) is 15.7. The molecule has 3 heteroatoms. The zero-order chi connectivity index (χ0) is 14.4. The van der Waals surface area contributed by atoms with E-state index in [4.69, 9.17) is 0 Å². The molecule has 0 saturated carbocycles. The molecule has 21 heavy (non-hydrogen) atoms. The lowest BCUT2D eigenvalue weighted by Crippen LogP contribution is -2.28. The molecule has 0 bridgehead atoms. The third kappa shape index (κ3) is 1.88. The van der Waals surface area contributed by atoms with Crippen LogP contribution in [0.2, 0.25) is 0 Å². The van der Waals surface area contributed by atoms with Crippen LogP contribution in [-0.4, -0.2) is 12.5 Å². The van der Waals surface area contributed by atoms with Crippen molar-refractivity contribution in [3.63, 3.8) is 0 Å². The van der Waals surface area contributed by atoms with Gasteiger partial charge in [-0.3, -0.25) is 4.79 Å². The van der Waals surface area contributed by atoms with Crippen LogP contribution in [0.4, 0.5) is 5.69 Å². The minimum atomic E-state index is 0.138. The van der Waals surface area contributed by atoms with Crippen LogP contribution < -0.4 is 4.90 Å². The first-order valence-electron chi connectivity index (χ1n) is 7.13. The second-order valence-electron chi connectivity index (χ2n) is 5.39. The van der Waals surface area contributed by atoms with Gasteiger partial charge in [-0.25, -0.2) is 0 Å². The summed E-state index contributed by atoms with van der Waals surface area (Å²) >= 11 is 1.60. The molecule has 0 saturated heterocycles. The van der Waals surface area contributed by atoms with E-state index in [1.165, 1.54) is 15.6 Å². The third-order valence-electron chi connectivity index (χ3n) is 4.17. The van der Waals surface area contributed by atoms with Gasteiger partial charge in [0.1, 0.15) is 0 Å². The molecule has 2 nitrogen and oxygen atoms in total. The van der Waals surface area contributed by atoms with Gasteiger partial charge in [-0.2, -0.15) is 0 Å². The van der Waals surface area contributed by atoms with Gasteiger partial charge < -0.3 is 4.90 Å². The molecule has 0 spiro atoms. The van der Waals surface area contributed by atoms with Gasteiger partial charge in [-0.05, 0) is 42.0 Å². The van der Waals surface area contributed by atoms with Crippen LogP contribution in [0.3, 0.4) is 0 Å². The van der Waals surface area contributed by atoms with E-state index in [-0.39, 0.29) is 5.91 Å². The third-order valence-corrected chi connectivity index (χ3v) is 5.43. The predicted octanol–water partition coefficient (Wildman–Crippen LogP) is 4.41. The summed E-state index contributed by atoms with van der Waals surface area (Å²) in [6, 6.07) is 16.4. The number of carbonyl (C=O) groups is 1. The highest BCUT2D eigenvalue weighted by atomic mass is 32.1. The van der Waals surface area contributed by atoms with E-state index in [1.54, 1.807) is 11.3 Å². The van der Waals surface area contributed by atoms with Gasteiger partial charge in [-0.1, -0.05) is 36.4 Å². The lowest BCUT2D eigenvalue weighted by atomic mass is 10.1. The van der Waals surface area contributed by atoms with E-state index in [9.17, 15) is 4.79 Å². The second-order valence-corrected chi connectivity index (χ2v) is 6.44. The average molecular weight is 293 g/mol. The number of carbonyl (C=O) groups excluding carboxylic acids is 1. The van der Waals surface area contributed by atoms with Gasteiger partial charge in [-0.15, -0.1) is 11.3 Å². The van der Waals surface area contributed by atoms with Crippen molar-refractivity contribution in [2.45, 2.75) is 13.3 Å². The molecule has 1 aliphatic rings. The lowest BCUT2D eigenvalue weighted by molar-refractivity contribution is 0.0993. The number of nitrogens with zero attached hydrogens (tertiary/aromatic N) is 1. The zero-order valence-electron chi connectivity index (χ0n) is 11.8. The predicted molar refractivity (Wildman–Crippen MR) is 88.4 cm³/mol. The first kappa shape index (κ1) is 12.6. The van der Waals surface area contributed by atoms with Crippen molar-refractivity contribution in [3.05, 3.63) is 64.5 Å². The van der Waals surface area contributed by atoms with E-state index in [1.807, 2.05) is 42.2 Å². The molecule has 2 heterocycles. The Morgan fingerprint density at radius 2 is 1.86 bits per heavy atom. The Kier molecular flexibility index (Phi) is 2.82. The summed E-state index contributed by atoms with van der Waals surface area (Å²) in [7, 11) is 0. The van der Waals surface area contributed by atoms with Crippen molar-refractivity contribution < 1.29 is 4.79 Å². The molecule has 104 valence electrons. The molecule has 1 aromatic heterocycles. The van der Waals surface area contributed by atoms with Crippen LogP contribution >= 0.6 is 11.3 Å². The second kappa shape index (κ2) is 4.71. The van der Waals surface area contributed by atoms with Crippen molar-refractivity contribution in [2.24, 2.45) is 0 Å². The quantitative estimate of drug-likeness (QED) is 0.650. The number of anilines is 1. The van der Waals surface area contributed by atoms with Crippen molar-refractivity contribution in [2.75, 3.05) is 11.4 Å². The minimum Gasteiger partial charge on any atom is -0.307 e.